The van der Waals surface area contributed by atoms with Gasteiger partial charge in [0.1, 0.15) is 0 Å². The van der Waals surface area contributed by atoms with Gasteiger partial charge in [-0.05, 0) is 49.8 Å². The molecule has 0 spiro atoms. The van der Waals surface area contributed by atoms with Crippen molar-refractivity contribution in [3.8, 4) is 0 Å². The van der Waals surface area contributed by atoms with Crippen molar-refractivity contribution in [2.24, 2.45) is 11.8 Å². The van der Waals surface area contributed by atoms with E-state index in [9.17, 15) is 0 Å². The van der Waals surface area contributed by atoms with Gasteiger partial charge in [0.15, 0.2) is 0 Å². The van der Waals surface area contributed by atoms with E-state index in [2.05, 4.69) is 19.7 Å². The lowest BCUT2D eigenvalue weighted by Gasteiger charge is -2.33. The first kappa shape index (κ1) is 15.6. The third-order valence-electron chi connectivity index (χ3n) is 5.30. The minimum atomic E-state index is 0.193. The summed E-state index contributed by atoms with van der Waals surface area (Å²) in [4.78, 5) is 0. The Morgan fingerprint density at radius 1 is 0.789 bits per heavy atom. The largest absolute Gasteiger partial charge is 0.0838 e. The summed E-state index contributed by atoms with van der Waals surface area (Å²) in [5.41, 5.74) is 1.94. The van der Waals surface area contributed by atoms with Gasteiger partial charge in [0.05, 0.1) is 0 Å². The first-order chi connectivity index (χ1) is 9.35. The van der Waals surface area contributed by atoms with Crippen molar-refractivity contribution in [3.05, 3.63) is 11.4 Å². The van der Waals surface area contributed by atoms with Crippen molar-refractivity contribution in [3.63, 3.8) is 0 Å². The number of rotatable bonds is 5. The topological polar surface area (TPSA) is 0 Å². The molecule has 2 saturated carbocycles. The molecule has 0 heterocycles. The van der Waals surface area contributed by atoms with E-state index in [0.29, 0.717) is 0 Å². The second kappa shape index (κ2) is 8.46. The minimum Gasteiger partial charge on any atom is -0.0838 e. The van der Waals surface area contributed by atoms with Crippen molar-refractivity contribution >= 4 is 7.92 Å². The van der Waals surface area contributed by atoms with E-state index in [1.165, 1.54) is 76.5 Å². The Morgan fingerprint density at radius 2 is 1.21 bits per heavy atom. The molecule has 0 aromatic rings. The molecular formula is C18H33P. The van der Waals surface area contributed by atoms with Crippen LogP contribution in [0.4, 0.5) is 0 Å². The summed E-state index contributed by atoms with van der Waals surface area (Å²) < 4.78 is 0. The van der Waals surface area contributed by atoms with Gasteiger partial charge in [-0.15, -0.1) is 0 Å². The van der Waals surface area contributed by atoms with Gasteiger partial charge in [0, 0.05) is 0 Å². The zero-order valence-electron chi connectivity index (χ0n) is 13.2. The highest BCUT2D eigenvalue weighted by Gasteiger charge is 2.26. The molecule has 0 aliphatic heterocycles. The van der Waals surface area contributed by atoms with Crippen molar-refractivity contribution in [1.29, 1.82) is 0 Å². The predicted octanol–water partition coefficient (Wildman–Crippen LogP) is 6.55. The fourth-order valence-corrected chi connectivity index (χ4v) is 5.69. The Bertz CT molecular complexity index is 245. The van der Waals surface area contributed by atoms with Crippen molar-refractivity contribution in [2.45, 2.75) is 78.1 Å². The molecular weight excluding hydrogens is 247 g/mol. The van der Waals surface area contributed by atoms with Gasteiger partial charge in [0.2, 0.25) is 0 Å². The fourth-order valence-electron chi connectivity index (χ4n) is 4.03. The van der Waals surface area contributed by atoms with E-state index >= 15 is 0 Å². The van der Waals surface area contributed by atoms with Crippen LogP contribution in [-0.2, 0) is 0 Å². The molecule has 0 saturated heterocycles. The second-order valence-corrected chi connectivity index (χ2v) is 9.22. The van der Waals surface area contributed by atoms with Crippen LogP contribution >= 0.6 is 7.92 Å². The summed E-state index contributed by atoms with van der Waals surface area (Å²) in [6.45, 7) is 4.79. The zero-order valence-corrected chi connectivity index (χ0v) is 14.1. The van der Waals surface area contributed by atoms with Crippen LogP contribution in [-0.4, -0.2) is 12.3 Å². The standard InChI is InChI=1S/C18H33P/c1-3-19(4-2)15-18(16-11-7-5-8-12-16)17-13-9-6-10-14-17/h15-17H,3-14H2,1-2H3. The van der Waals surface area contributed by atoms with Crippen LogP contribution in [0.5, 0.6) is 0 Å². The average Bonchev–Trinajstić information content (AvgIpc) is 2.50. The molecule has 19 heavy (non-hydrogen) atoms. The van der Waals surface area contributed by atoms with Crippen LogP contribution in [0.2, 0.25) is 0 Å². The molecule has 0 amide bonds. The number of allylic oxidation sites excluding steroid dienone is 1. The summed E-state index contributed by atoms with van der Waals surface area (Å²) in [7, 11) is 0.193. The number of hydrogen-bond donors (Lipinski definition) is 0. The summed E-state index contributed by atoms with van der Waals surface area (Å²) in [6.07, 6.45) is 17.7. The Morgan fingerprint density at radius 3 is 1.58 bits per heavy atom. The molecule has 0 nitrogen and oxygen atoms in total. The lowest BCUT2D eigenvalue weighted by atomic mass is 9.74. The zero-order chi connectivity index (χ0) is 13.5. The van der Waals surface area contributed by atoms with Crippen LogP contribution in [0.15, 0.2) is 11.4 Å². The first-order valence-corrected chi connectivity index (χ1v) is 10.6. The molecule has 0 unspecified atom stereocenters. The lowest BCUT2D eigenvalue weighted by Crippen LogP contribution is -2.18. The summed E-state index contributed by atoms with van der Waals surface area (Å²) in [6, 6.07) is 0. The normalized spacial score (nSPS) is 22.7. The molecule has 0 N–H and O–H groups in total. The van der Waals surface area contributed by atoms with E-state index in [1.54, 1.807) is 0 Å². The van der Waals surface area contributed by atoms with Crippen LogP contribution < -0.4 is 0 Å². The predicted molar refractivity (Wildman–Crippen MR) is 89.2 cm³/mol. The third kappa shape index (κ3) is 4.59. The summed E-state index contributed by atoms with van der Waals surface area (Å²) in [5, 5.41) is 0. The van der Waals surface area contributed by atoms with Gasteiger partial charge >= 0.3 is 0 Å². The van der Waals surface area contributed by atoms with E-state index < -0.39 is 0 Å². The summed E-state index contributed by atoms with van der Waals surface area (Å²) >= 11 is 0. The van der Waals surface area contributed by atoms with Gasteiger partial charge in [-0.2, -0.15) is 0 Å². The highest BCUT2D eigenvalue weighted by Crippen LogP contribution is 2.46. The molecule has 2 aliphatic carbocycles. The average molecular weight is 280 g/mol. The van der Waals surface area contributed by atoms with Gasteiger partial charge in [-0.25, -0.2) is 0 Å². The highest BCUT2D eigenvalue weighted by atomic mass is 31.1. The molecule has 2 fully saturated rings. The monoisotopic (exact) mass is 280 g/mol. The maximum atomic E-state index is 2.81. The van der Waals surface area contributed by atoms with Gasteiger partial charge in [-0.1, -0.05) is 71.7 Å². The molecule has 0 atom stereocenters. The van der Waals surface area contributed by atoms with E-state index in [4.69, 9.17) is 0 Å². The Balaban J connectivity index is 2.10. The van der Waals surface area contributed by atoms with E-state index in [-0.39, 0.29) is 7.92 Å². The van der Waals surface area contributed by atoms with Crippen molar-refractivity contribution in [1.82, 2.24) is 0 Å². The van der Waals surface area contributed by atoms with Gasteiger partial charge in [-0.3, -0.25) is 0 Å². The maximum absolute atomic E-state index is 2.81. The van der Waals surface area contributed by atoms with Crippen LogP contribution in [0.25, 0.3) is 0 Å². The number of hydrogen-bond acceptors (Lipinski definition) is 0. The summed E-state index contributed by atoms with van der Waals surface area (Å²) in [5.74, 6) is 4.75. The molecule has 0 radical (unpaired) electrons. The highest BCUT2D eigenvalue weighted by molar-refractivity contribution is 7.60. The van der Waals surface area contributed by atoms with Gasteiger partial charge < -0.3 is 0 Å². The molecule has 0 aromatic carbocycles. The molecule has 110 valence electrons. The Hall–Kier alpha value is 0.170. The molecule has 2 rings (SSSR count). The SMILES string of the molecule is CCP(C=C(C1CCCCC1)C1CCCCC1)CC. The minimum absolute atomic E-state index is 0.193. The third-order valence-corrected chi connectivity index (χ3v) is 7.59. The molecule has 1 heteroatoms. The Kier molecular flexibility index (Phi) is 6.92. The van der Waals surface area contributed by atoms with Gasteiger partial charge in [0.25, 0.3) is 0 Å². The second-order valence-electron chi connectivity index (χ2n) is 6.52. The van der Waals surface area contributed by atoms with Crippen LogP contribution in [0.1, 0.15) is 78.1 Å². The van der Waals surface area contributed by atoms with Crippen LogP contribution in [0.3, 0.4) is 0 Å². The quantitative estimate of drug-likeness (QED) is 0.501. The molecule has 0 bridgehead atoms. The molecule has 0 aromatic heterocycles. The fraction of sp³-hybridized carbons (Fsp3) is 0.889. The van der Waals surface area contributed by atoms with Crippen LogP contribution in [0, 0.1) is 11.8 Å². The van der Waals surface area contributed by atoms with Crippen molar-refractivity contribution < 1.29 is 0 Å². The smallest absolute Gasteiger partial charge is 0.0197 e. The van der Waals surface area contributed by atoms with E-state index in [1.807, 2.05) is 5.57 Å². The Labute approximate surface area is 122 Å². The lowest BCUT2D eigenvalue weighted by molar-refractivity contribution is 0.327. The van der Waals surface area contributed by atoms with Crippen molar-refractivity contribution in [2.75, 3.05) is 12.3 Å². The molecule has 2 aliphatic rings. The maximum Gasteiger partial charge on any atom is -0.0197 e. The van der Waals surface area contributed by atoms with E-state index in [0.717, 1.165) is 11.8 Å². The first-order valence-electron chi connectivity index (χ1n) is 8.80.